The topological polar surface area (TPSA) is 303 Å². The number of alkyl carbamates (subject to hydrolysis) is 1. The van der Waals surface area contributed by atoms with Gasteiger partial charge in [0, 0.05) is 26.1 Å². The molecule has 2 aliphatic carbocycles. The van der Waals surface area contributed by atoms with Crippen LogP contribution in [0.15, 0.2) is 24.3 Å². The summed E-state index contributed by atoms with van der Waals surface area (Å²) in [7, 11) is 1.35. The Kier molecular flexibility index (Phi) is 20.7. The summed E-state index contributed by atoms with van der Waals surface area (Å²) in [4.78, 5) is 54.5. The van der Waals surface area contributed by atoms with Gasteiger partial charge in [-0.2, -0.15) is 0 Å². The maximum absolute atomic E-state index is 13.9. The van der Waals surface area contributed by atoms with E-state index in [0.29, 0.717) is 25.1 Å². The number of aliphatic hydroxyl groups is 4. The third-order valence-electron chi connectivity index (χ3n) is 12.3. The van der Waals surface area contributed by atoms with Crippen molar-refractivity contribution in [2.24, 2.45) is 17.1 Å². The molecule has 0 unspecified atom stereocenters. The molecule has 72 heavy (non-hydrogen) atoms. The minimum absolute atomic E-state index is 0.0132. The van der Waals surface area contributed by atoms with Gasteiger partial charge in [0.1, 0.15) is 58.7 Å². The Labute approximate surface area is 426 Å². The van der Waals surface area contributed by atoms with Gasteiger partial charge in [-0.05, 0) is 132 Å². The number of nitrogens with two attached hydrogens (primary N) is 1. The zero-order valence-corrected chi connectivity index (χ0v) is 45.2. The SMILES string of the molecule is C=C(NCC[C@H](O)C(=O)N[C@@H]1C[C@H](NC(=O)OC(C)(C)C)[C@@H](O[C@H]2OC(CN)=CC[C@H]2NCC2CC(NC(=O)CC(C)(C)C)C2)[C@H](O)[C@H]1O[C@H]1OC[C@](C)(O)[C@H](N(C)C(=O)OC(C)(C)C)[C@H]1O)OC(C)(C)C. The normalized spacial score (nSPS) is 31.6. The summed E-state index contributed by atoms with van der Waals surface area (Å²) in [5, 5.41) is 62.4. The van der Waals surface area contributed by atoms with Crippen molar-refractivity contribution in [3.8, 4) is 0 Å². The van der Waals surface area contributed by atoms with Gasteiger partial charge >= 0.3 is 12.2 Å². The Bertz CT molecular complexity index is 1870. The number of rotatable bonds is 19. The number of hydrogen-bond donors (Lipinski definition) is 10. The number of likely N-dealkylation sites (N-methyl/N-ethyl adjacent to an activating group) is 1. The van der Waals surface area contributed by atoms with E-state index in [0.717, 1.165) is 17.7 Å². The molecule has 0 aromatic heterocycles. The molecule has 12 atom stereocenters. The lowest BCUT2D eigenvalue weighted by Gasteiger charge is -2.50. The van der Waals surface area contributed by atoms with Crippen molar-refractivity contribution < 1.29 is 72.8 Å². The van der Waals surface area contributed by atoms with Gasteiger partial charge < -0.3 is 90.8 Å². The van der Waals surface area contributed by atoms with Gasteiger partial charge in [-0.1, -0.05) is 20.8 Å². The maximum Gasteiger partial charge on any atom is 0.410 e. The zero-order chi connectivity index (χ0) is 54.3. The molecule has 4 rings (SSSR count). The summed E-state index contributed by atoms with van der Waals surface area (Å²) in [6.07, 6.45) is -8.56. The van der Waals surface area contributed by atoms with E-state index >= 15 is 0 Å². The highest BCUT2D eigenvalue weighted by Gasteiger charge is 2.55. The lowest BCUT2D eigenvalue weighted by Crippen LogP contribution is -2.71. The van der Waals surface area contributed by atoms with E-state index < -0.39 is 114 Å². The van der Waals surface area contributed by atoms with Crippen molar-refractivity contribution >= 4 is 24.0 Å². The Balaban J connectivity index is 1.66. The predicted octanol–water partition coefficient (Wildman–Crippen LogP) is 2.11. The summed E-state index contributed by atoms with van der Waals surface area (Å²) in [6, 6.07) is -4.16. The Morgan fingerprint density at radius 2 is 1.43 bits per heavy atom. The first-order chi connectivity index (χ1) is 33.0. The molecule has 0 radical (unpaired) electrons. The van der Waals surface area contributed by atoms with Gasteiger partial charge in [0.2, 0.25) is 18.1 Å². The van der Waals surface area contributed by atoms with Crippen molar-refractivity contribution in [2.45, 2.75) is 224 Å². The second-order valence-electron chi connectivity index (χ2n) is 24.2. The molecule has 4 amide bonds. The second kappa shape index (κ2) is 24.6. The van der Waals surface area contributed by atoms with Crippen LogP contribution in [0.5, 0.6) is 0 Å². The van der Waals surface area contributed by atoms with Crippen molar-refractivity contribution in [1.29, 1.82) is 0 Å². The average molecular weight is 1030 g/mol. The number of carbonyl (C=O) groups excluding carboxylic acids is 4. The quantitative estimate of drug-likeness (QED) is 0.0829. The van der Waals surface area contributed by atoms with Crippen LogP contribution in [0.25, 0.3) is 0 Å². The molecule has 0 bridgehead atoms. The average Bonchev–Trinajstić information content (AvgIpc) is 3.19. The number of aliphatic hydroxyl groups excluding tert-OH is 3. The van der Waals surface area contributed by atoms with Crippen LogP contribution in [0, 0.1) is 11.3 Å². The first-order valence-electron chi connectivity index (χ1n) is 25.2. The molecule has 11 N–H and O–H groups in total. The van der Waals surface area contributed by atoms with Crippen LogP contribution >= 0.6 is 0 Å². The Morgan fingerprint density at radius 1 is 0.847 bits per heavy atom. The largest absolute Gasteiger partial charge is 0.474 e. The van der Waals surface area contributed by atoms with E-state index in [1.807, 2.05) is 47.6 Å². The molecule has 1 saturated heterocycles. The lowest BCUT2D eigenvalue weighted by atomic mass is 9.79. The number of ether oxygens (including phenoxy) is 7. The van der Waals surface area contributed by atoms with Crippen molar-refractivity contribution in [2.75, 3.05) is 33.3 Å². The van der Waals surface area contributed by atoms with Gasteiger partial charge in [0.25, 0.3) is 0 Å². The van der Waals surface area contributed by atoms with Crippen LogP contribution in [0.1, 0.15) is 129 Å². The lowest BCUT2D eigenvalue weighted by molar-refractivity contribution is -0.311. The molecular weight excluding hydrogens is 939 g/mol. The molecule has 4 aliphatic rings. The molecule has 2 aliphatic heterocycles. The van der Waals surface area contributed by atoms with Crippen molar-refractivity contribution in [3.05, 3.63) is 24.3 Å². The molecule has 414 valence electrons. The number of carbonyl (C=O) groups is 4. The highest BCUT2D eigenvalue weighted by molar-refractivity contribution is 5.81. The molecule has 0 aromatic rings. The fraction of sp³-hybridized carbons (Fsp3) is 0.840. The van der Waals surface area contributed by atoms with E-state index in [1.165, 1.54) is 14.0 Å². The minimum Gasteiger partial charge on any atom is -0.474 e. The molecule has 0 spiro atoms. The van der Waals surface area contributed by atoms with Gasteiger partial charge in [-0.25, -0.2) is 9.59 Å². The van der Waals surface area contributed by atoms with Gasteiger partial charge in [0.15, 0.2) is 12.2 Å². The summed E-state index contributed by atoms with van der Waals surface area (Å²) in [6.45, 7) is 27.1. The number of amides is 4. The van der Waals surface area contributed by atoms with Gasteiger partial charge in [0.05, 0.1) is 37.3 Å². The Morgan fingerprint density at radius 3 is 2.00 bits per heavy atom. The molecule has 2 heterocycles. The number of nitrogens with zero attached hydrogens (tertiary/aromatic N) is 1. The van der Waals surface area contributed by atoms with Crippen LogP contribution in [0.4, 0.5) is 9.59 Å². The number of hydrogen-bond acceptors (Lipinski definition) is 18. The van der Waals surface area contributed by atoms with Gasteiger partial charge in [-0.3, -0.25) is 9.59 Å². The van der Waals surface area contributed by atoms with E-state index in [9.17, 15) is 39.6 Å². The molecule has 3 fully saturated rings. The van der Waals surface area contributed by atoms with Crippen LogP contribution < -0.4 is 32.3 Å². The van der Waals surface area contributed by atoms with Gasteiger partial charge in [-0.15, -0.1) is 0 Å². The zero-order valence-electron chi connectivity index (χ0n) is 45.2. The van der Waals surface area contributed by atoms with Crippen molar-refractivity contribution in [1.82, 2.24) is 31.5 Å². The summed E-state index contributed by atoms with van der Waals surface area (Å²) in [5.41, 5.74) is 1.69. The predicted molar refractivity (Wildman–Crippen MR) is 265 cm³/mol. The molecule has 22 heteroatoms. The fourth-order valence-electron chi connectivity index (χ4n) is 9.12. The van der Waals surface area contributed by atoms with E-state index in [4.69, 9.17) is 38.9 Å². The standard InChI is InChI=1S/C50H89N7O15/c1-27(70-47(5,6)7)52-19-18-34(58)41(62)55-32-22-33(56-44(63)71-48(8,9)10)39(36(60)38(32)69-43-37(61)40(50(14,65)26-66-43)57(15)45(64)72-49(11,12)13)68-42-31(17-16-30(24-51)67-42)53-25-28-20-29(21-28)54-35(59)23-46(2,3)4/h16,28-29,31-34,36-40,42-43,52-53,58,60-61,65H,1,17-26,51H2,2-15H3,(H,54,59)(H,55,62)(H,56,63)/t28?,29?,31-,32-,33+,34+,36-,37-,38+,39-,40-,42-,43-,50+/m1/s1. The first-order valence-corrected chi connectivity index (χ1v) is 25.2. The van der Waals surface area contributed by atoms with E-state index in [1.54, 1.807) is 41.5 Å². The third kappa shape index (κ3) is 18.7. The number of nitrogens with one attached hydrogen (secondary N) is 5. The smallest absolute Gasteiger partial charge is 0.410 e. The third-order valence-corrected chi connectivity index (χ3v) is 12.3. The van der Waals surface area contributed by atoms with Crippen LogP contribution in [0.2, 0.25) is 0 Å². The minimum atomic E-state index is -1.83. The van der Waals surface area contributed by atoms with Crippen LogP contribution in [0.3, 0.4) is 0 Å². The molecule has 0 aromatic carbocycles. The molecule has 2 saturated carbocycles. The monoisotopic (exact) mass is 1030 g/mol. The Hall–Kier alpha value is -4.00. The van der Waals surface area contributed by atoms with Crippen LogP contribution in [-0.2, 0) is 42.7 Å². The van der Waals surface area contributed by atoms with Crippen molar-refractivity contribution in [3.63, 3.8) is 0 Å². The summed E-state index contributed by atoms with van der Waals surface area (Å²) >= 11 is 0. The maximum atomic E-state index is 13.9. The molecule has 22 nitrogen and oxygen atoms in total. The highest BCUT2D eigenvalue weighted by Crippen LogP contribution is 2.36. The highest BCUT2D eigenvalue weighted by atomic mass is 16.7. The second-order valence-corrected chi connectivity index (χ2v) is 24.2. The fourth-order valence-corrected chi connectivity index (χ4v) is 9.12. The first kappa shape index (κ1) is 60.6. The molecular formula is C50H89N7O15. The van der Waals surface area contributed by atoms with E-state index in [-0.39, 0.29) is 55.1 Å². The van der Waals surface area contributed by atoms with E-state index in [2.05, 4.69) is 33.2 Å². The summed E-state index contributed by atoms with van der Waals surface area (Å²) < 4.78 is 42.3. The summed E-state index contributed by atoms with van der Waals surface area (Å²) in [5.74, 6) is 0.0481. The van der Waals surface area contributed by atoms with Crippen LogP contribution in [-0.4, -0.2) is 178 Å².